The number of phenolic OH excluding ortho intramolecular Hbond substituents is 1. The molecule has 0 aliphatic heterocycles. The highest BCUT2D eigenvalue weighted by Gasteiger charge is 2.30. The maximum Gasteiger partial charge on any atom is 0.327 e. The molecule has 3 nitrogen and oxygen atoms in total. The average molecular weight is 190 g/mol. The van der Waals surface area contributed by atoms with Crippen LogP contribution in [0.25, 0.3) is 0 Å². The van der Waals surface area contributed by atoms with Crippen molar-refractivity contribution in [1.29, 1.82) is 0 Å². The van der Waals surface area contributed by atoms with E-state index in [2.05, 4.69) is 0 Å². The van der Waals surface area contributed by atoms with Crippen LogP contribution in [0, 0.1) is 0 Å². The fourth-order valence-electron chi connectivity index (χ4n) is 0.752. The highest BCUT2D eigenvalue weighted by Crippen LogP contribution is 2.26. The Bertz CT molecular complexity index is 282. The van der Waals surface area contributed by atoms with Crippen LogP contribution < -0.4 is 0 Å². The van der Waals surface area contributed by atoms with E-state index in [-0.39, 0.29) is 11.2 Å². The van der Waals surface area contributed by atoms with Gasteiger partial charge in [0.1, 0.15) is 5.75 Å². The molecule has 0 spiro atoms. The summed E-state index contributed by atoms with van der Waals surface area (Å²) in [6.45, 7) is 0. The monoisotopic (exact) mass is 190 g/mol. The van der Waals surface area contributed by atoms with Crippen LogP contribution in [-0.4, -0.2) is 16.9 Å². The fraction of sp³-hybridized carbons (Fsp3) is 0.125. The van der Waals surface area contributed by atoms with Gasteiger partial charge in [-0.25, -0.2) is 0 Å². The van der Waals surface area contributed by atoms with Crippen LogP contribution in [0.3, 0.4) is 0 Å². The third-order valence-electron chi connectivity index (χ3n) is 1.40. The summed E-state index contributed by atoms with van der Waals surface area (Å²) in [7, 11) is 0. The lowest BCUT2D eigenvalue weighted by atomic mass is 10.1. The number of rotatable bonds is 2. The van der Waals surface area contributed by atoms with E-state index in [0.717, 1.165) is 24.3 Å². The van der Waals surface area contributed by atoms with E-state index in [9.17, 15) is 13.6 Å². The molecule has 0 aliphatic carbocycles. The van der Waals surface area contributed by atoms with E-state index in [1.54, 1.807) is 0 Å². The summed E-state index contributed by atoms with van der Waals surface area (Å²) < 4.78 is 25.1. The molecule has 0 bridgehead atoms. The van der Waals surface area contributed by atoms with Gasteiger partial charge in [-0.15, -0.1) is 0 Å². The third-order valence-corrected chi connectivity index (χ3v) is 1.40. The molecule has 0 fully saturated rings. The molecule has 0 saturated heterocycles. The summed E-state index contributed by atoms with van der Waals surface area (Å²) in [5.41, 5.74) is -0.421. The molecular formula is C8H8F2O3. The van der Waals surface area contributed by atoms with E-state index in [0.29, 0.717) is 0 Å². The molecule has 1 aromatic carbocycles. The van der Waals surface area contributed by atoms with Gasteiger partial charge in [0.05, 0.1) is 0 Å². The number of phenols is 1. The molecule has 0 radical (unpaired) electrons. The van der Waals surface area contributed by atoms with Crippen molar-refractivity contribution >= 4 is 6.29 Å². The predicted octanol–water partition coefficient (Wildman–Crippen LogP) is 0.858. The summed E-state index contributed by atoms with van der Waals surface area (Å²) in [4.78, 5) is 9.90. The van der Waals surface area contributed by atoms with Gasteiger partial charge in [-0.2, -0.15) is 8.78 Å². The van der Waals surface area contributed by atoms with E-state index in [1.807, 2.05) is 0 Å². The molecule has 0 saturated carbocycles. The summed E-state index contributed by atoms with van der Waals surface area (Å²) in [6.07, 6.45) is -0.431. The van der Waals surface area contributed by atoms with Crippen LogP contribution in [0.4, 0.5) is 8.78 Å². The second kappa shape index (κ2) is 3.95. The highest BCUT2D eigenvalue weighted by molar-refractivity contribution is 5.63. The molecule has 1 rings (SSSR count). The van der Waals surface area contributed by atoms with Crippen molar-refractivity contribution in [3.8, 4) is 5.75 Å². The van der Waals surface area contributed by atoms with Gasteiger partial charge in [0.2, 0.25) is 0 Å². The van der Waals surface area contributed by atoms with E-state index < -0.39 is 17.8 Å². The van der Waals surface area contributed by atoms with Gasteiger partial charge in [0, 0.05) is 5.56 Å². The number of carbonyl (C=O) groups is 1. The van der Waals surface area contributed by atoms with Gasteiger partial charge in [-0.05, 0) is 24.3 Å². The number of aldehydes is 1. The second-order valence-corrected chi connectivity index (χ2v) is 2.29. The van der Waals surface area contributed by atoms with Crippen LogP contribution in [0.2, 0.25) is 0 Å². The molecule has 0 atom stereocenters. The van der Waals surface area contributed by atoms with Gasteiger partial charge in [0.25, 0.3) is 0 Å². The third kappa shape index (κ3) is 2.48. The number of hydrogen-bond donors (Lipinski definition) is 1. The topological polar surface area (TPSA) is 68.8 Å². The Kier molecular flexibility index (Phi) is 3.50. The fourth-order valence-corrected chi connectivity index (χ4v) is 0.752. The maximum absolute atomic E-state index is 12.6. The number of hydrogen-bond acceptors (Lipinski definition) is 2. The van der Waals surface area contributed by atoms with Crippen LogP contribution in [0.5, 0.6) is 5.75 Å². The lowest BCUT2D eigenvalue weighted by Gasteiger charge is -2.07. The van der Waals surface area contributed by atoms with Gasteiger partial charge >= 0.3 is 5.92 Å². The molecule has 1 aromatic rings. The minimum Gasteiger partial charge on any atom is -0.508 e. The molecule has 0 aliphatic rings. The standard InChI is InChI=1S/C8H6F2O2.H2O/c9-8(10,5-11)6-1-3-7(12)4-2-6;/h1-5,12H;1H2. The maximum atomic E-state index is 12.6. The SMILES string of the molecule is O.O=CC(F)(F)c1ccc(O)cc1. The van der Waals surface area contributed by atoms with Crippen molar-refractivity contribution in [2.75, 3.05) is 0 Å². The van der Waals surface area contributed by atoms with Gasteiger partial charge in [-0.3, -0.25) is 4.79 Å². The Balaban J connectivity index is 0.00000144. The Morgan fingerprint density at radius 1 is 1.23 bits per heavy atom. The number of benzene rings is 1. The normalized spacial score (nSPS) is 10.3. The number of halogens is 2. The predicted molar refractivity (Wildman–Crippen MR) is 41.7 cm³/mol. The average Bonchev–Trinajstić information content (AvgIpc) is 2.05. The van der Waals surface area contributed by atoms with Crippen LogP contribution in [-0.2, 0) is 10.7 Å². The zero-order chi connectivity index (χ0) is 9.19. The molecule has 0 amide bonds. The molecule has 0 heterocycles. The summed E-state index contributed by atoms with van der Waals surface area (Å²) in [5.74, 6) is -3.58. The zero-order valence-electron chi connectivity index (χ0n) is 6.50. The van der Waals surface area contributed by atoms with Crippen LogP contribution in [0.15, 0.2) is 24.3 Å². The van der Waals surface area contributed by atoms with Crippen molar-refractivity contribution < 1.29 is 24.2 Å². The van der Waals surface area contributed by atoms with Crippen molar-refractivity contribution in [3.05, 3.63) is 29.8 Å². The Morgan fingerprint density at radius 3 is 2.08 bits per heavy atom. The largest absolute Gasteiger partial charge is 0.508 e. The smallest absolute Gasteiger partial charge is 0.327 e. The minimum absolute atomic E-state index is 0. The summed E-state index contributed by atoms with van der Waals surface area (Å²) in [6, 6.07) is 4.22. The first-order chi connectivity index (χ1) is 5.56. The molecule has 5 heteroatoms. The first kappa shape index (κ1) is 11.5. The van der Waals surface area contributed by atoms with Crippen molar-refractivity contribution in [2.45, 2.75) is 5.92 Å². The first-order valence-electron chi connectivity index (χ1n) is 3.20. The van der Waals surface area contributed by atoms with Gasteiger partial charge in [-0.1, -0.05) is 0 Å². The van der Waals surface area contributed by atoms with Gasteiger partial charge in [0.15, 0.2) is 6.29 Å². The quantitative estimate of drug-likeness (QED) is 0.702. The zero-order valence-corrected chi connectivity index (χ0v) is 6.50. The van der Waals surface area contributed by atoms with Crippen molar-refractivity contribution in [3.63, 3.8) is 0 Å². The number of carbonyl (C=O) groups excluding carboxylic acids is 1. The highest BCUT2D eigenvalue weighted by atomic mass is 19.3. The van der Waals surface area contributed by atoms with Crippen LogP contribution in [0.1, 0.15) is 5.56 Å². The van der Waals surface area contributed by atoms with Crippen LogP contribution >= 0.6 is 0 Å². The molecule has 0 unspecified atom stereocenters. The van der Waals surface area contributed by atoms with E-state index in [4.69, 9.17) is 5.11 Å². The van der Waals surface area contributed by atoms with E-state index in [1.165, 1.54) is 0 Å². The molecule has 0 aromatic heterocycles. The Labute approximate surface area is 72.9 Å². The molecular weight excluding hydrogens is 182 g/mol. The second-order valence-electron chi connectivity index (χ2n) is 2.29. The molecule has 13 heavy (non-hydrogen) atoms. The number of aromatic hydroxyl groups is 1. The van der Waals surface area contributed by atoms with Crippen molar-refractivity contribution in [1.82, 2.24) is 0 Å². The molecule has 3 N–H and O–H groups in total. The van der Waals surface area contributed by atoms with Gasteiger partial charge < -0.3 is 10.6 Å². The first-order valence-corrected chi connectivity index (χ1v) is 3.20. The Morgan fingerprint density at radius 2 is 1.69 bits per heavy atom. The summed E-state index contributed by atoms with van der Waals surface area (Å²) in [5, 5.41) is 8.76. The van der Waals surface area contributed by atoms with Crippen molar-refractivity contribution in [2.24, 2.45) is 0 Å². The van der Waals surface area contributed by atoms with E-state index >= 15 is 0 Å². The minimum atomic E-state index is -3.46. The lowest BCUT2D eigenvalue weighted by Crippen LogP contribution is -2.14. The summed E-state index contributed by atoms with van der Waals surface area (Å²) >= 11 is 0. The lowest BCUT2D eigenvalue weighted by molar-refractivity contribution is -0.130. The molecule has 72 valence electrons. The number of alkyl halides is 2. The Hall–Kier alpha value is -1.49.